The van der Waals surface area contributed by atoms with Gasteiger partial charge in [-0.05, 0) is 38.8 Å². The van der Waals surface area contributed by atoms with Crippen molar-refractivity contribution in [2.75, 3.05) is 18.0 Å². The molecular weight excluding hydrogens is 292 g/mol. The first-order valence-electron chi connectivity index (χ1n) is 7.78. The number of aliphatic hydroxyl groups is 1. The molecule has 0 radical (unpaired) electrons. The molecule has 1 saturated heterocycles. The fourth-order valence-electron chi connectivity index (χ4n) is 2.90. The van der Waals surface area contributed by atoms with Crippen LogP contribution in [0.2, 0.25) is 0 Å². The molecule has 23 heavy (non-hydrogen) atoms. The summed E-state index contributed by atoms with van der Waals surface area (Å²) < 4.78 is 1.74. The van der Waals surface area contributed by atoms with Crippen LogP contribution in [0.5, 0.6) is 0 Å². The number of piperidine rings is 1. The number of hydrogen-bond acceptors (Lipinski definition) is 6. The molecule has 120 valence electrons. The normalized spacial score (nSPS) is 21.4. The van der Waals surface area contributed by atoms with Crippen LogP contribution in [0.3, 0.4) is 0 Å². The van der Waals surface area contributed by atoms with E-state index in [2.05, 4.69) is 21.4 Å². The molecule has 0 aromatic carbocycles. The van der Waals surface area contributed by atoms with Crippen LogP contribution in [0.25, 0.3) is 0 Å². The van der Waals surface area contributed by atoms with Gasteiger partial charge in [-0.3, -0.25) is 0 Å². The summed E-state index contributed by atoms with van der Waals surface area (Å²) in [5.74, 6) is 0.615. The van der Waals surface area contributed by atoms with Gasteiger partial charge >= 0.3 is 0 Å². The lowest BCUT2D eigenvalue weighted by Gasteiger charge is -2.38. The minimum atomic E-state index is -1.07. The Morgan fingerprint density at radius 2 is 2.26 bits per heavy atom. The molecule has 1 N–H and O–H groups in total. The lowest BCUT2D eigenvalue weighted by Crippen LogP contribution is -2.47. The van der Waals surface area contributed by atoms with E-state index in [0.717, 1.165) is 13.0 Å². The highest BCUT2D eigenvalue weighted by molar-refractivity contribution is 5.54. The van der Waals surface area contributed by atoms with Crippen LogP contribution in [0.4, 0.5) is 5.82 Å². The number of hydrogen-bond donors (Lipinski definition) is 1. The molecule has 0 saturated carbocycles. The number of pyridine rings is 1. The van der Waals surface area contributed by atoms with Crippen molar-refractivity contribution < 1.29 is 5.11 Å². The smallest absolute Gasteiger partial charge is 0.146 e. The second-order valence-electron chi connectivity index (χ2n) is 6.22. The van der Waals surface area contributed by atoms with E-state index in [1.807, 2.05) is 18.7 Å². The number of β-amino-alcohol motifs (C(OH)–C–C–N with tert-alkyl or cyclic N) is 1. The molecule has 2 aromatic rings. The molecule has 7 nitrogen and oxygen atoms in total. The van der Waals surface area contributed by atoms with E-state index in [-0.39, 0.29) is 6.04 Å². The summed E-state index contributed by atoms with van der Waals surface area (Å²) in [6, 6.07) is 5.84. The number of rotatable bonds is 3. The van der Waals surface area contributed by atoms with Gasteiger partial charge < -0.3 is 10.0 Å². The first-order chi connectivity index (χ1) is 11.0. The molecule has 1 unspecified atom stereocenters. The minimum Gasteiger partial charge on any atom is -0.382 e. The zero-order chi connectivity index (χ0) is 16.4. The van der Waals surface area contributed by atoms with Crippen LogP contribution < -0.4 is 4.90 Å². The van der Waals surface area contributed by atoms with Gasteiger partial charge in [-0.25, -0.2) is 9.67 Å². The second-order valence-corrected chi connectivity index (χ2v) is 6.22. The van der Waals surface area contributed by atoms with Crippen LogP contribution in [0.1, 0.15) is 44.0 Å². The summed E-state index contributed by atoms with van der Waals surface area (Å²) in [6.07, 6.45) is 4.89. The number of aromatic nitrogens is 4. The standard InChI is InChI=1S/C16H20N6O/c1-12(2)22-10-14(19-20-22)16(23)6-4-8-21(11-16)15-13(9-17)5-3-7-18-15/h3,5,7,10,12,23H,4,6,8,11H2,1-2H3. The van der Waals surface area contributed by atoms with E-state index in [1.165, 1.54) is 0 Å². The Kier molecular flexibility index (Phi) is 4.01. The third-order valence-corrected chi connectivity index (χ3v) is 4.19. The Bertz CT molecular complexity index is 734. The number of nitrogens with zero attached hydrogens (tertiary/aromatic N) is 6. The topological polar surface area (TPSA) is 90.9 Å². The summed E-state index contributed by atoms with van der Waals surface area (Å²) in [5.41, 5.74) is 0.0169. The molecule has 1 fully saturated rings. The average molecular weight is 312 g/mol. The highest BCUT2D eigenvalue weighted by atomic mass is 16.3. The van der Waals surface area contributed by atoms with Crippen molar-refractivity contribution in [2.45, 2.75) is 38.3 Å². The summed E-state index contributed by atoms with van der Waals surface area (Å²) in [5, 5.41) is 28.6. The molecule has 3 rings (SSSR count). The van der Waals surface area contributed by atoms with Gasteiger partial charge in [0.25, 0.3) is 0 Å². The molecule has 1 aliphatic rings. The summed E-state index contributed by atoms with van der Waals surface area (Å²) >= 11 is 0. The van der Waals surface area contributed by atoms with Crippen molar-refractivity contribution in [3.8, 4) is 6.07 Å². The Hall–Kier alpha value is -2.46. The van der Waals surface area contributed by atoms with Crippen molar-refractivity contribution in [1.29, 1.82) is 5.26 Å². The van der Waals surface area contributed by atoms with Crippen molar-refractivity contribution in [2.24, 2.45) is 0 Å². The van der Waals surface area contributed by atoms with Gasteiger partial charge in [0.2, 0.25) is 0 Å². The van der Waals surface area contributed by atoms with Crippen molar-refractivity contribution >= 4 is 5.82 Å². The molecule has 0 spiro atoms. The number of anilines is 1. The second kappa shape index (κ2) is 5.97. The Balaban J connectivity index is 1.89. The van der Waals surface area contributed by atoms with Crippen molar-refractivity contribution in [1.82, 2.24) is 20.0 Å². The van der Waals surface area contributed by atoms with Gasteiger partial charge in [-0.15, -0.1) is 5.10 Å². The zero-order valence-corrected chi connectivity index (χ0v) is 13.3. The van der Waals surface area contributed by atoms with Crippen molar-refractivity contribution in [3.63, 3.8) is 0 Å². The summed E-state index contributed by atoms with van der Waals surface area (Å²) in [4.78, 5) is 6.27. The Morgan fingerprint density at radius 3 is 2.96 bits per heavy atom. The summed E-state index contributed by atoms with van der Waals surface area (Å²) in [7, 11) is 0. The lowest BCUT2D eigenvalue weighted by molar-refractivity contribution is 0.0174. The largest absolute Gasteiger partial charge is 0.382 e. The first-order valence-corrected chi connectivity index (χ1v) is 7.78. The SMILES string of the molecule is CC(C)n1cc(C2(O)CCCN(c3ncccc3C#N)C2)nn1. The molecule has 3 heterocycles. The Labute approximate surface area is 135 Å². The van der Waals surface area contributed by atoms with Crippen LogP contribution in [-0.4, -0.2) is 38.2 Å². The lowest BCUT2D eigenvalue weighted by atomic mass is 9.90. The third-order valence-electron chi connectivity index (χ3n) is 4.19. The van der Waals surface area contributed by atoms with Gasteiger partial charge in [-0.1, -0.05) is 5.21 Å². The van der Waals surface area contributed by atoms with E-state index >= 15 is 0 Å². The molecule has 0 aliphatic carbocycles. The minimum absolute atomic E-state index is 0.195. The molecule has 1 aliphatic heterocycles. The van der Waals surface area contributed by atoms with Crippen LogP contribution >= 0.6 is 0 Å². The molecule has 2 aromatic heterocycles. The maximum Gasteiger partial charge on any atom is 0.146 e. The molecule has 1 atom stereocenters. The van der Waals surface area contributed by atoms with E-state index < -0.39 is 5.60 Å². The van der Waals surface area contributed by atoms with Gasteiger partial charge in [0.1, 0.15) is 23.2 Å². The predicted molar refractivity (Wildman–Crippen MR) is 84.7 cm³/mol. The third kappa shape index (κ3) is 2.90. The van der Waals surface area contributed by atoms with E-state index in [4.69, 9.17) is 0 Å². The van der Waals surface area contributed by atoms with Gasteiger partial charge in [0, 0.05) is 18.8 Å². The fourth-order valence-corrected chi connectivity index (χ4v) is 2.90. The maximum absolute atomic E-state index is 11.1. The van der Waals surface area contributed by atoms with Crippen molar-refractivity contribution in [3.05, 3.63) is 35.8 Å². The van der Waals surface area contributed by atoms with E-state index in [0.29, 0.717) is 30.0 Å². The van der Waals surface area contributed by atoms with Crippen LogP contribution in [0.15, 0.2) is 24.5 Å². The highest BCUT2D eigenvalue weighted by Crippen LogP contribution is 2.33. The van der Waals surface area contributed by atoms with Crippen LogP contribution in [-0.2, 0) is 5.60 Å². The predicted octanol–water partition coefficient (Wildman–Crippen LogP) is 1.61. The average Bonchev–Trinajstić information content (AvgIpc) is 3.06. The molecular formula is C16H20N6O. The summed E-state index contributed by atoms with van der Waals surface area (Å²) in [6.45, 7) is 5.15. The van der Waals surface area contributed by atoms with Crippen LogP contribution in [0, 0.1) is 11.3 Å². The maximum atomic E-state index is 11.1. The first kappa shape index (κ1) is 15.4. The highest BCUT2D eigenvalue weighted by Gasteiger charge is 2.38. The molecule has 7 heteroatoms. The zero-order valence-electron chi connectivity index (χ0n) is 13.3. The Morgan fingerprint density at radius 1 is 1.43 bits per heavy atom. The van der Waals surface area contributed by atoms with Gasteiger partial charge in [-0.2, -0.15) is 5.26 Å². The van der Waals surface area contributed by atoms with Gasteiger partial charge in [0.05, 0.1) is 18.3 Å². The molecule has 0 bridgehead atoms. The monoisotopic (exact) mass is 312 g/mol. The van der Waals surface area contributed by atoms with E-state index in [9.17, 15) is 10.4 Å². The van der Waals surface area contributed by atoms with E-state index in [1.54, 1.807) is 29.2 Å². The fraction of sp³-hybridized carbons (Fsp3) is 0.500. The molecule has 0 amide bonds. The quantitative estimate of drug-likeness (QED) is 0.926. The number of nitriles is 1. The van der Waals surface area contributed by atoms with Gasteiger partial charge in [0.15, 0.2) is 0 Å².